The topological polar surface area (TPSA) is 46.3 Å². The van der Waals surface area contributed by atoms with E-state index in [0.717, 1.165) is 48.7 Å². The number of aryl methyl sites for hydroxylation is 2. The van der Waals surface area contributed by atoms with Crippen LogP contribution >= 0.6 is 0 Å². The molecule has 0 N–H and O–H groups in total. The van der Waals surface area contributed by atoms with Crippen molar-refractivity contribution >= 4 is 5.91 Å². The molecule has 0 unspecified atom stereocenters. The molecule has 1 aromatic rings. The number of amides is 1. The molecule has 0 bridgehead atoms. The summed E-state index contributed by atoms with van der Waals surface area (Å²) < 4.78 is 5.19. The van der Waals surface area contributed by atoms with E-state index in [4.69, 9.17) is 4.52 Å². The highest BCUT2D eigenvalue weighted by Gasteiger charge is 2.29. The zero-order chi connectivity index (χ0) is 16.3. The van der Waals surface area contributed by atoms with Gasteiger partial charge in [-0.3, -0.25) is 4.79 Å². The molecule has 0 saturated carbocycles. The molecule has 2 atom stereocenters. The van der Waals surface area contributed by atoms with Gasteiger partial charge >= 0.3 is 0 Å². The van der Waals surface area contributed by atoms with Crippen LogP contribution < -0.4 is 0 Å². The Morgan fingerprint density at radius 3 is 2.64 bits per heavy atom. The molecule has 2 rings (SSSR count). The first-order chi connectivity index (χ1) is 10.4. The maximum atomic E-state index is 12.8. The van der Waals surface area contributed by atoms with Crippen LogP contribution in [0.3, 0.4) is 0 Å². The minimum atomic E-state index is 0.285. The Hall–Kier alpha value is -1.32. The molecule has 1 fully saturated rings. The van der Waals surface area contributed by atoms with Crippen molar-refractivity contribution in [3.63, 3.8) is 0 Å². The third-order valence-electron chi connectivity index (χ3n) is 5.08. The number of rotatable bonds is 4. The molecular weight excluding hydrogens is 276 g/mol. The molecule has 0 aromatic carbocycles. The van der Waals surface area contributed by atoms with E-state index in [1.165, 1.54) is 6.42 Å². The lowest BCUT2D eigenvalue weighted by Gasteiger charge is -2.33. The number of carbonyl (C=O) groups is 1. The number of hydrogen-bond donors (Lipinski definition) is 0. The summed E-state index contributed by atoms with van der Waals surface area (Å²) in [6, 6.07) is 0.391. The van der Waals surface area contributed by atoms with E-state index in [-0.39, 0.29) is 5.91 Å². The average molecular weight is 306 g/mol. The lowest BCUT2D eigenvalue weighted by molar-refractivity contribution is -0.134. The average Bonchev–Trinajstić information content (AvgIpc) is 2.67. The second-order valence-electron chi connectivity index (χ2n) is 7.17. The smallest absolute Gasteiger partial charge is 0.223 e. The molecule has 0 aliphatic carbocycles. The van der Waals surface area contributed by atoms with Gasteiger partial charge in [-0.1, -0.05) is 25.9 Å². The molecule has 1 aliphatic rings. The minimum Gasteiger partial charge on any atom is -0.361 e. The van der Waals surface area contributed by atoms with Crippen LogP contribution in [-0.2, 0) is 11.2 Å². The van der Waals surface area contributed by atoms with Gasteiger partial charge in [0.2, 0.25) is 5.91 Å². The van der Waals surface area contributed by atoms with Gasteiger partial charge in [-0.25, -0.2) is 0 Å². The van der Waals surface area contributed by atoms with Crippen LogP contribution in [0.4, 0.5) is 0 Å². The third-order valence-corrected chi connectivity index (χ3v) is 5.08. The van der Waals surface area contributed by atoms with E-state index in [1.807, 2.05) is 13.8 Å². The van der Waals surface area contributed by atoms with E-state index < -0.39 is 0 Å². The van der Waals surface area contributed by atoms with Crippen LogP contribution in [0.1, 0.15) is 63.5 Å². The Morgan fingerprint density at radius 2 is 2.05 bits per heavy atom. The SMILES string of the molecule is Cc1noc(C)c1CCC(=O)N1CC[C@H](C)CC[C@@H]1C(C)C. The van der Waals surface area contributed by atoms with Crippen LogP contribution in [0.2, 0.25) is 0 Å². The second kappa shape index (κ2) is 7.30. The van der Waals surface area contributed by atoms with Gasteiger partial charge in [-0.2, -0.15) is 0 Å². The van der Waals surface area contributed by atoms with E-state index in [0.29, 0.717) is 18.4 Å². The van der Waals surface area contributed by atoms with Crippen molar-refractivity contribution in [2.75, 3.05) is 6.54 Å². The van der Waals surface area contributed by atoms with Crippen molar-refractivity contribution < 1.29 is 9.32 Å². The zero-order valence-corrected chi connectivity index (χ0v) is 14.7. The van der Waals surface area contributed by atoms with Gasteiger partial charge in [-0.15, -0.1) is 0 Å². The Kier molecular flexibility index (Phi) is 5.65. The first kappa shape index (κ1) is 17.0. The normalized spacial score (nSPS) is 22.9. The standard InChI is InChI=1S/C18H30N2O2/c1-12(2)17-8-6-13(3)10-11-20(17)18(21)9-7-16-14(4)19-22-15(16)5/h12-13,17H,6-11H2,1-5H3/t13-,17-/m1/s1. The number of nitrogens with zero attached hydrogens (tertiary/aromatic N) is 2. The summed E-state index contributed by atoms with van der Waals surface area (Å²) in [5.41, 5.74) is 2.01. The van der Waals surface area contributed by atoms with Crippen LogP contribution in [0.15, 0.2) is 4.52 Å². The minimum absolute atomic E-state index is 0.285. The summed E-state index contributed by atoms with van der Waals surface area (Å²) in [6.45, 7) is 11.5. The molecular formula is C18H30N2O2. The Bertz CT molecular complexity index is 488. The molecule has 1 aromatic heterocycles. The molecule has 1 amide bonds. The van der Waals surface area contributed by atoms with E-state index in [2.05, 4.69) is 30.8 Å². The summed E-state index contributed by atoms with van der Waals surface area (Å²) in [7, 11) is 0. The number of carbonyl (C=O) groups excluding carboxylic acids is 1. The van der Waals surface area contributed by atoms with Gasteiger partial charge in [0, 0.05) is 24.6 Å². The Balaban J connectivity index is 2.02. The lowest BCUT2D eigenvalue weighted by Crippen LogP contribution is -2.43. The molecule has 0 radical (unpaired) electrons. The first-order valence-electron chi connectivity index (χ1n) is 8.61. The molecule has 0 spiro atoms. The largest absolute Gasteiger partial charge is 0.361 e. The van der Waals surface area contributed by atoms with Crippen molar-refractivity contribution in [1.29, 1.82) is 0 Å². The molecule has 4 nitrogen and oxygen atoms in total. The Labute approximate surface area is 134 Å². The molecule has 4 heteroatoms. The van der Waals surface area contributed by atoms with Crippen LogP contribution in [0, 0.1) is 25.7 Å². The van der Waals surface area contributed by atoms with E-state index in [9.17, 15) is 4.79 Å². The van der Waals surface area contributed by atoms with Crippen molar-refractivity contribution in [2.24, 2.45) is 11.8 Å². The molecule has 1 aliphatic heterocycles. The van der Waals surface area contributed by atoms with E-state index >= 15 is 0 Å². The fourth-order valence-electron chi connectivity index (χ4n) is 3.52. The maximum Gasteiger partial charge on any atom is 0.223 e. The molecule has 22 heavy (non-hydrogen) atoms. The van der Waals surface area contributed by atoms with Crippen molar-refractivity contribution in [2.45, 2.75) is 72.8 Å². The fourth-order valence-corrected chi connectivity index (χ4v) is 3.52. The van der Waals surface area contributed by atoms with Gasteiger partial charge in [0.25, 0.3) is 0 Å². The summed E-state index contributed by atoms with van der Waals surface area (Å²) in [4.78, 5) is 14.9. The monoisotopic (exact) mass is 306 g/mol. The fraction of sp³-hybridized carbons (Fsp3) is 0.778. The molecule has 124 valence electrons. The highest BCUT2D eigenvalue weighted by Crippen LogP contribution is 2.27. The van der Waals surface area contributed by atoms with Gasteiger partial charge < -0.3 is 9.42 Å². The quantitative estimate of drug-likeness (QED) is 0.847. The highest BCUT2D eigenvalue weighted by molar-refractivity contribution is 5.77. The predicted molar refractivity (Wildman–Crippen MR) is 87.7 cm³/mol. The number of aromatic nitrogens is 1. The maximum absolute atomic E-state index is 12.8. The lowest BCUT2D eigenvalue weighted by atomic mass is 9.95. The highest BCUT2D eigenvalue weighted by atomic mass is 16.5. The molecule has 1 saturated heterocycles. The van der Waals surface area contributed by atoms with Crippen molar-refractivity contribution in [3.05, 3.63) is 17.0 Å². The molecule has 2 heterocycles. The van der Waals surface area contributed by atoms with Gasteiger partial charge in [0.15, 0.2) is 0 Å². The summed E-state index contributed by atoms with van der Waals surface area (Å²) >= 11 is 0. The summed E-state index contributed by atoms with van der Waals surface area (Å²) in [6.07, 6.45) is 4.78. The van der Waals surface area contributed by atoms with Gasteiger partial charge in [0.1, 0.15) is 5.76 Å². The Morgan fingerprint density at radius 1 is 1.32 bits per heavy atom. The third kappa shape index (κ3) is 3.90. The van der Waals surface area contributed by atoms with Crippen LogP contribution in [0.25, 0.3) is 0 Å². The summed E-state index contributed by atoms with van der Waals surface area (Å²) in [5.74, 6) is 2.37. The van der Waals surface area contributed by atoms with Crippen molar-refractivity contribution in [1.82, 2.24) is 10.1 Å². The second-order valence-corrected chi connectivity index (χ2v) is 7.17. The van der Waals surface area contributed by atoms with Crippen LogP contribution in [-0.4, -0.2) is 28.6 Å². The van der Waals surface area contributed by atoms with Gasteiger partial charge in [-0.05, 0) is 51.4 Å². The van der Waals surface area contributed by atoms with Crippen LogP contribution in [0.5, 0.6) is 0 Å². The number of hydrogen-bond acceptors (Lipinski definition) is 3. The zero-order valence-electron chi connectivity index (χ0n) is 14.7. The van der Waals surface area contributed by atoms with E-state index in [1.54, 1.807) is 0 Å². The number of likely N-dealkylation sites (tertiary alicyclic amines) is 1. The first-order valence-corrected chi connectivity index (χ1v) is 8.61. The van der Waals surface area contributed by atoms with Gasteiger partial charge in [0.05, 0.1) is 5.69 Å². The summed E-state index contributed by atoms with van der Waals surface area (Å²) in [5, 5.41) is 3.97. The van der Waals surface area contributed by atoms with Crippen molar-refractivity contribution in [3.8, 4) is 0 Å². The predicted octanol–water partition coefficient (Wildman–Crippen LogP) is 3.90.